The highest BCUT2D eigenvalue weighted by atomic mass is 28.4. The van der Waals surface area contributed by atoms with Crippen LogP contribution < -0.4 is 16.1 Å². The molecule has 0 spiro atoms. The van der Waals surface area contributed by atoms with Gasteiger partial charge in [-0.2, -0.15) is 0 Å². The van der Waals surface area contributed by atoms with E-state index in [0.29, 0.717) is 30.6 Å². The minimum absolute atomic E-state index is 0.103. The van der Waals surface area contributed by atoms with Crippen LogP contribution in [0.2, 0.25) is 18.1 Å². The number of aliphatic carboxylic acids is 1. The second-order valence-electron chi connectivity index (χ2n) is 14.9. The Morgan fingerprint density at radius 3 is 2.29 bits per heavy atom. The molecule has 3 amide bonds. The van der Waals surface area contributed by atoms with E-state index in [1.807, 2.05) is 51.1 Å². The number of amides is 3. The number of carboxylic acid groups (broad SMARTS) is 1. The molecule has 0 unspecified atom stereocenters. The smallest absolute Gasteiger partial charge is 0.322 e. The van der Waals surface area contributed by atoms with Crippen LogP contribution in [-0.4, -0.2) is 83.0 Å². The normalized spacial score (nSPS) is 18.9. The van der Waals surface area contributed by atoms with Gasteiger partial charge < -0.3 is 25.3 Å². The predicted octanol–water partition coefficient (Wildman–Crippen LogP) is 4.55. The lowest BCUT2D eigenvalue weighted by Crippen LogP contribution is -2.61. The number of carbonyl (C=O) groups is 4. The van der Waals surface area contributed by atoms with Crippen molar-refractivity contribution in [3.8, 4) is 0 Å². The molecule has 3 rings (SSSR count). The lowest BCUT2D eigenvalue weighted by Gasteiger charge is -2.40. The van der Waals surface area contributed by atoms with Crippen LogP contribution in [0.5, 0.6) is 0 Å². The van der Waals surface area contributed by atoms with Crippen LogP contribution in [0, 0.1) is 11.8 Å². The molecule has 1 aliphatic rings. The van der Waals surface area contributed by atoms with Crippen molar-refractivity contribution in [1.29, 1.82) is 0 Å². The third kappa shape index (κ3) is 10.4. The molecule has 49 heavy (non-hydrogen) atoms. The van der Waals surface area contributed by atoms with Crippen LogP contribution >= 0.6 is 0 Å². The van der Waals surface area contributed by atoms with Crippen LogP contribution in [0.25, 0.3) is 17.0 Å². The number of aliphatic hydroxyl groups excluding tert-OH is 1. The Kier molecular flexibility index (Phi) is 13.3. The van der Waals surface area contributed by atoms with Gasteiger partial charge in [-0.05, 0) is 75.4 Å². The summed E-state index contributed by atoms with van der Waals surface area (Å²) in [5.74, 6) is -3.50. The van der Waals surface area contributed by atoms with Crippen LogP contribution in [0.1, 0.15) is 85.6 Å². The molecular weight excluding hydrogens is 643 g/mol. The van der Waals surface area contributed by atoms with Crippen molar-refractivity contribution in [3.05, 3.63) is 47.7 Å². The largest absolute Gasteiger partial charge is 0.480 e. The molecule has 0 aliphatic carbocycles. The number of nitrogens with zero attached hydrogens (tertiary/aromatic N) is 2. The zero-order chi connectivity index (χ0) is 36.8. The second kappa shape index (κ2) is 16.4. The Morgan fingerprint density at radius 1 is 1.04 bits per heavy atom. The van der Waals surface area contributed by atoms with Gasteiger partial charge in [0.2, 0.25) is 11.8 Å². The maximum absolute atomic E-state index is 14.1. The molecule has 5 N–H and O–H groups in total. The van der Waals surface area contributed by atoms with E-state index in [-0.39, 0.29) is 11.0 Å². The number of nitrogens with one attached hydrogen (secondary N) is 3. The van der Waals surface area contributed by atoms with Crippen molar-refractivity contribution in [1.82, 2.24) is 26.1 Å². The molecule has 0 saturated carbocycles. The number of aliphatic hydroxyl groups is 1. The van der Waals surface area contributed by atoms with Gasteiger partial charge in [0, 0.05) is 11.9 Å². The standard InChI is InChI=1S/C36H55N5O7Si/c1-21(2)31(33(44)37-22(3)34(45)41-19-11-12-29(40-41)35(46)47)39-32(43)27(24(5)48-49(9,10)36(6,7)8)17-14-25-13-15-26-16-18-28(23(4)42)38-30(26)20-25/h13-18,20-24,27,29,31,40,42H,11-12,19H2,1-10H3,(H,37,44)(H,39,43)(H,46,47)/b17-14+/t22-,23+,24-,27+,29-,31-/m0/s1. The summed E-state index contributed by atoms with van der Waals surface area (Å²) in [6.45, 7) is 19.6. The first-order valence-electron chi connectivity index (χ1n) is 17.1. The van der Waals surface area contributed by atoms with Crippen molar-refractivity contribution < 1.29 is 33.8 Å². The summed E-state index contributed by atoms with van der Waals surface area (Å²) in [5.41, 5.74) is 4.81. The Hall–Kier alpha value is -3.65. The summed E-state index contributed by atoms with van der Waals surface area (Å²) in [6, 6.07) is 6.66. The van der Waals surface area contributed by atoms with Crippen molar-refractivity contribution in [2.24, 2.45) is 11.8 Å². The fourth-order valence-corrected chi connectivity index (χ4v) is 6.81. The van der Waals surface area contributed by atoms with Gasteiger partial charge in [-0.15, -0.1) is 0 Å². The number of aromatic nitrogens is 1. The van der Waals surface area contributed by atoms with E-state index < -0.39 is 68.3 Å². The maximum atomic E-state index is 14.1. The Labute approximate surface area is 291 Å². The van der Waals surface area contributed by atoms with Crippen molar-refractivity contribution in [2.75, 3.05) is 6.54 Å². The van der Waals surface area contributed by atoms with E-state index in [2.05, 4.69) is 54.9 Å². The fraction of sp³-hybridized carbons (Fsp3) is 0.583. The molecule has 13 heteroatoms. The minimum atomic E-state index is -2.30. The molecule has 0 radical (unpaired) electrons. The number of rotatable bonds is 13. The van der Waals surface area contributed by atoms with Crippen molar-refractivity contribution >= 4 is 49.0 Å². The highest BCUT2D eigenvalue weighted by molar-refractivity contribution is 6.74. The molecule has 12 nitrogen and oxygen atoms in total. The van der Waals surface area contributed by atoms with Gasteiger partial charge in [-0.25, -0.2) is 5.43 Å². The van der Waals surface area contributed by atoms with Crippen LogP contribution in [0.15, 0.2) is 36.4 Å². The average molecular weight is 698 g/mol. The van der Waals surface area contributed by atoms with Gasteiger partial charge in [-0.1, -0.05) is 65.0 Å². The van der Waals surface area contributed by atoms with Crippen molar-refractivity contribution in [2.45, 2.75) is 117 Å². The second-order valence-corrected chi connectivity index (χ2v) is 19.7. The number of carboxylic acids is 1. The predicted molar refractivity (Wildman–Crippen MR) is 193 cm³/mol. The first-order valence-corrected chi connectivity index (χ1v) is 20.0. The van der Waals surface area contributed by atoms with E-state index in [0.717, 1.165) is 10.9 Å². The fourth-order valence-electron chi connectivity index (χ4n) is 5.38. The van der Waals surface area contributed by atoms with Gasteiger partial charge >= 0.3 is 5.97 Å². The third-order valence-corrected chi connectivity index (χ3v) is 14.1. The Morgan fingerprint density at radius 2 is 1.69 bits per heavy atom. The zero-order valence-electron chi connectivity index (χ0n) is 30.5. The summed E-state index contributed by atoms with van der Waals surface area (Å²) in [5, 5.41) is 27.1. The van der Waals surface area contributed by atoms with E-state index >= 15 is 0 Å². The molecule has 1 saturated heterocycles. The van der Waals surface area contributed by atoms with E-state index in [4.69, 9.17) is 4.43 Å². The van der Waals surface area contributed by atoms with Crippen molar-refractivity contribution in [3.63, 3.8) is 0 Å². The zero-order valence-corrected chi connectivity index (χ0v) is 31.5. The first kappa shape index (κ1) is 39.8. The van der Waals surface area contributed by atoms with Gasteiger partial charge in [-0.3, -0.25) is 29.2 Å². The SMILES string of the molecule is CC(C)[C@H](NC(=O)[C@H](/C=C/c1ccc2ccc([C@@H](C)O)nc2c1)[C@H](C)O[Si](C)(C)C(C)(C)C)C(=O)N[C@@H](C)C(=O)N1CCC[C@@H](C(=O)O)N1. The van der Waals surface area contributed by atoms with Crippen LogP contribution in [-0.2, 0) is 23.6 Å². The number of fused-ring (bicyclic) bond motifs is 1. The molecule has 1 aromatic heterocycles. The summed E-state index contributed by atoms with van der Waals surface area (Å²) < 4.78 is 6.66. The molecule has 1 aromatic carbocycles. The summed E-state index contributed by atoms with van der Waals surface area (Å²) in [7, 11) is -2.30. The lowest BCUT2D eigenvalue weighted by atomic mass is 9.97. The molecule has 2 heterocycles. The average Bonchev–Trinajstić information content (AvgIpc) is 3.01. The minimum Gasteiger partial charge on any atom is -0.480 e. The molecule has 6 atom stereocenters. The van der Waals surface area contributed by atoms with Gasteiger partial charge in [0.05, 0.1) is 29.3 Å². The number of hydrogen-bond acceptors (Lipinski definition) is 8. The highest BCUT2D eigenvalue weighted by Crippen LogP contribution is 2.38. The van der Waals surface area contributed by atoms with Crippen LogP contribution in [0.3, 0.4) is 0 Å². The number of hydrogen-bond donors (Lipinski definition) is 5. The van der Waals surface area contributed by atoms with Crippen LogP contribution in [0.4, 0.5) is 0 Å². The van der Waals surface area contributed by atoms with Gasteiger partial charge in [0.15, 0.2) is 8.32 Å². The molecule has 2 aromatic rings. The summed E-state index contributed by atoms with van der Waals surface area (Å²) >= 11 is 0. The maximum Gasteiger partial charge on any atom is 0.322 e. The molecular formula is C36H55N5O7Si. The first-order chi connectivity index (χ1) is 22.7. The van der Waals surface area contributed by atoms with Gasteiger partial charge in [0.25, 0.3) is 5.91 Å². The lowest BCUT2D eigenvalue weighted by molar-refractivity contribution is -0.148. The van der Waals surface area contributed by atoms with E-state index in [1.165, 1.54) is 11.9 Å². The highest BCUT2D eigenvalue weighted by Gasteiger charge is 2.41. The summed E-state index contributed by atoms with van der Waals surface area (Å²) in [4.78, 5) is 56.8. The van der Waals surface area contributed by atoms with Gasteiger partial charge in [0.1, 0.15) is 18.1 Å². The third-order valence-electron chi connectivity index (χ3n) is 9.48. The number of benzene rings is 1. The van der Waals surface area contributed by atoms with E-state index in [9.17, 15) is 29.4 Å². The Balaban J connectivity index is 1.85. The molecule has 0 bridgehead atoms. The number of carbonyl (C=O) groups excluding carboxylic acids is 3. The quantitative estimate of drug-likeness (QED) is 0.189. The number of pyridine rings is 1. The van der Waals surface area contributed by atoms with E-state index in [1.54, 1.807) is 19.1 Å². The molecule has 1 fully saturated rings. The molecule has 270 valence electrons. The summed E-state index contributed by atoms with van der Waals surface area (Å²) in [6.07, 6.45) is 3.31. The molecule has 1 aliphatic heterocycles. The monoisotopic (exact) mass is 697 g/mol. The number of hydrazine groups is 1. The Bertz CT molecular complexity index is 1540. The topological polar surface area (TPSA) is 170 Å².